The van der Waals surface area contributed by atoms with Crippen LogP contribution < -0.4 is 0 Å². The molecule has 190 valence electrons. The molecule has 1 aromatic carbocycles. The van der Waals surface area contributed by atoms with Crippen molar-refractivity contribution in [3.05, 3.63) is 57.8 Å². The third-order valence-electron chi connectivity index (χ3n) is 7.78. The van der Waals surface area contributed by atoms with E-state index >= 15 is 0 Å². The van der Waals surface area contributed by atoms with Gasteiger partial charge in [0.2, 0.25) is 0 Å². The van der Waals surface area contributed by atoms with Crippen LogP contribution >= 0.6 is 11.8 Å². The minimum Gasteiger partial charge on any atom is -0.478 e. The van der Waals surface area contributed by atoms with Gasteiger partial charge in [-0.1, -0.05) is 50.7 Å². The second-order valence-corrected chi connectivity index (χ2v) is 11.3. The minimum atomic E-state index is -0.953. The van der Waals surface area contributed by atoms with Gasteiger partial charge < -0.3 is 9.67 Å². The molecule has 1 N–H and O–H groups in total. The molecule has 1 aliphatic heterocycles. The Morgan fingerprint density at radius 1 is 1.03 bits per heavy atom. The number of hydrogen-bond donors (Lipinski definition) is 1. The van der Waals surface area contributed by atoms with Gasteiger partial charge in [-0.2, -0.15) is 0 Å². The van der Waals surface area contributed by atoms with Crippen LogP contribution in [-0.4, -0.2) is 43.7 Å². The average Bonchev–Trinajstić information content (AvgIpc) is 3.34. The number of aliphatic imine (C=N–C) groups is 1. The fourth-order valence-electron chi connectivity index (χ4n) is 5.90. The third kappa shape index (κ3) is 4.90. The van der Waals surface area contributed by atoms with E-state index in [0.29, 0.717) is 16.6 Å². The molecule has 5 rings (SSSR count). The molecule has 0 spiro atoms. The van der Waals surface area contributed by atoms with Crippen molar-refractivity contribution in [3.8, 4) is 5.69 Å². The number of benzene rings is 1. The van der Waals surface area contributed by atoms with Gasteiger partial charge in [0.15, 0.2) is 5.17 Å². The second kappa shape index (κ2) is 10.7. The van der Waals surface area contributed by atoms with Crippen molar-refractivity contribution >= 4 is 34.9 Å². The number of thioether (sulfide) groups is 1. The van der Waals surface area contributed by atoms with Crippen molar-refractivity contribution < 1.29 is 14.7 Å². The Kier molecular flexibility index (Phi) is 7.37. The van der Waals surface area contributed by atoms with E-state index in [1.165, 1.54) is 50.3 Å². The van der Waals surface area contributed by atoms with E-state index in [1.807, 2.05) is 47.6 Å². The molecule has 0 unspecified atom stereocenters. The smallest absolute Gasteiger partial charge is 0.337 e. The lowest BCUT2D eigenvalue weighted by atomic mass is 9.94. The summed E-state index contributed by atoms with van der Waals surface area (Å²) in [6.07, 6.45) is 13.6. The lowest BCUT2D eigenvalue weighted by Crippen LogP contribution is -2.41. The fourth-order valence-corrected chi connectivity index (χ4v) is 7.00. The quantitative estimate of drug-likeness (QED) is 0.457. The number of carbonyl (C=O) groups excluding carboxylic acids is 1. The van der Waals surface area contributed by atoms with E-state index in [-0.39, 0.29) is 17.5 Å². The number of carboxylic acid groups (broad SMARTS) is 1. The predicted octanol–water partition coefficient (Wildman–Crippen LogP) is 6.73. The summed E-state index contributed by atoms with van der Waals surface area (Å²) < 4.78 is 1.97. The van der Waals surface area contributed by atoms with Crippen LogP contribution in [0.1, 0.15) is 91.5 Å². The highest BCUT2D eigenvalue weighted by molar-refractivity contribution is 8.18. The number of aromatic carboxylic acids is 1. The number of hydrogen-bond acceptors (Lipinski definition) is 4. The fraction of sp³-hybridized carbons (Fsp3) is 0.483. The maximum atomic E-state index is 13.7. The zero-order valence-corrected chi connectivity index (χ0v) is 22.0. The Morgan fingerprint density at radius 3 is 2.39 bits per heavy atom. The van der Waals surface area contributed by atoms with Gasteiger partial charge >= 0.3 is 5.97 Å². The summed E-state index contributed by atoms with van der Waals surface area (Å²) in [5.74, 6) is -0.886. The van der Waals surface area contributed by atoms with Gasteiger partial charge in [0.1, 0.15) is 0 Å². The molecule has 2 heterocycles. The maximum absolute atomic E-state index is 13.7. The number of amidine groups is 1. The van der Waals surface area contributed by atoms with Crippen molar-refractivity contribution in [2.24, 2.45) is 4.99 Å². The van der Waals surface area contributed by atoms with Crippen molar-refractivity contribution in [1.29, 1.82) is 0 Å². The number of aromatic nitrogens is 1. The third-order valence-corrected chi connectivity index (χ3v) is 8.77. The molecule has 7 heteroatoms. The number of nitrogens with zero attached hydrogens (tertiary/aromatic N) is 3. The Bertz CT molecular complexity index is 1220. The molecule has 2 aromatic rings. The van der Waals surface area contributed by atoms with Crippen LogP contribution in [0, 0.1) is 13.8 Å². The van der Waals surface area contributed by atoms with Gasteiger partial charge in [0.05, 0.1) is 22.2 Å². The summed E-state index contributed by atoms with van der Waals surface area (Å²) in [6, 6.07) is 9.64. The van der Waals surface area contributed by atoms with Gasteiger partial charge in [0, 0.05) is 17.4 Å². The van der Waals surface area contributed by atoms with Gasteiger partial charge in [-0.05, 0) is 81.1 Å². The van der Waals surface area contributed by atoms with Gasteiger partial charge in [0.25, 0.3) is 5.91 Å². The highest BCUT2D eigenvalue weighted by Gasteiger charge is 2.39. The number of amides is 1. The largest absolute Gasteiger partial charge is 0.478 e. The molecule has 2 saturated carbocycles. The first-order valence-electron chi connectivity index (χ1n) is 13.3. The lowest BCUT2D eigenvalue weighted by molar-refractivity contribution is -0.124. The van der Waals surface area contributed by atoms with Crippen LogP contribution in [0.25, 0.3) is 11.8 Å². The first kappa shape index (κ1) is 24.9. The zero-order chi connectivity index (χ0) is 25.2. The zero-order valence-electron chi connectivity index (χ0n) is 21.2. The molecular weight excluding hydrogens is 470 g/mol. The van der Waals surface area contributed by atoms with E-state index in [0.717, 1.165) is 47.8 Å². The lowest BCUT2D eigenvalue weighted by Gasteiger charge is -2.31. The highest BCUT2D eigenvalue weighted by Crippen LogP contribution is 2.39. The summed E-state index contributed by atoms with van der Waals surface area (Å²) in [6.45, 7) is 3.96. The average molecular weight is 506 g/mol. The highest BCUT2D eigenvalue weighted by atomic mass is 32.2. The molecule has 0 atom stereocenters. The normalized spacial score (nSPS) is 22.2. The molecule has 0 radical (unpaired) electrons. The maximum Gasteiger partial charge on any atom is 0.337 e. The van der Waals surface area contributed by atoms with E-state index in [4.69, 9.17) is 4.99 Å². The van der Waals surface area contributed by atoms with Crippen LogP contribution in [0.5, 0.6) is 0 Å². The van der Waals surface area contributed by atoms with Crippen LogP contribution in [0.2, 0.25) is 0 Å². The molecule has 1 saturated heterocycles. The number of aryl methyl sites for hydroxylation is 1. The molecule has 2 aliphatic carbocycles. The molecule has 3 aliphatic rings. The molecular formula is C29H35N3O3S. The summed E-state index contributed by atoms with van der Waals surface area (Å²) in [4.78, 5) is 33.4. The number of rotatable bonds is 5. The number of carbonyl (C=O) groups is 2. The summed E-state index contributed by atoms with van der Waals surface area (Å²) in [7, 11) is 0. The summed E-state index contributed by atoms with van der Waals surface area (Å²) in [5.41, 5.74) is 3.69. The van der Waals surface area contributed by atoms with Gasteiger partial charge in [-0.3, -0.25) is 14.7 Å². The Morgan fingerprint density at radius 2 is 1.69 bits per heavy atom. The van der Waals surface area contributed by atoms with Gasteiger partial charge in [-0.15, -0.1) is 0 Å². The van der Waals surface area contributed by atoms with Crippen molar-refractivity contribution in [2.75, 3.05) is 0 Å². The first-order valence-corrected chi connectivity index (χ1v) is 14.1. The van der Waals surface area contributed by atoms with E-state index in [2.05, 4.69) is 0 Å². The summed E-state index contributed by atoms with van der Waals surface area (Å²) in [5, 5.41) is 10.6. The Balaban J connectivity index is 1.51. The SMILES string of the molecule is Cc1cc(/C=C2\SC(=NC3CCCCC3)N(C3CCCCC3)C2=O)c(C)n1-c1ccccc1C(=O)O. The van der Waals surface area contributed by atoms with E-state index in [1.54, 1.807) is 12.1 Å². The minimum absolute atomic E-state index is 0.0669. The molecule has 36 heavy (non-hydrogen) atoms. The molecule has 1 amide bonds. The molecule has 1 aromatic heterocycles. The Labute approximate surface area is 217 Å². The van der Waals surface area contributed by atoms with Crippen molar-refractivity contribution in [1.82, 2.24) is 9.47 Å². The van der Waals surface area contributed by atoms with Crippen LogP contribution in [-0.2, 0) is 4.79 Å². The topological polar surface area (TPSA) is 74.9 Å². The van der Waals surface area contributed by atoms with Crippen molar-refractivity contribution in [3.63, 3.8) is 0 Å². The molecule has 6 nitrogen and oxygen atoms in total. The summed E-state index contributed by atoms with van der Waals surface area (Å²) >= 11 is 1.52. The first-order chi connectivity index (χ1) is 17.4. The predicted molar refractivity (Wildman–Crippen MR) is 146 cm³/mol. The van der Waals surface area contributed by atoms with Crippen LogP contribution in [0.15, 0.2) is 40.2 Å². The molecule has 0 bridgehead atoms. The monoisotopic (exact) mass is 505 g/mol. The second-order valence-electron chi connectivity index (χ2n) is 10.3. The van der Waals surface area contributed by atoms with E-state index in [9.17, 15) is 14.7 Å². The number of para-hydroxylation sites is 1. The van der Waals surface area contributed by atoms with E-state index < -0.39 is 5.97 Å². The van der Waals surface area contributed by atoms with Crippen LogP contribution in [0.4, 0.5) is 0 Å². The number of carboxylic acids is 1. The van der Waals surface area contributed by atoms with Gasteiger partial charge in [-0.25, -0.2) is 4.79 Å². The van der Waals surface area contributed by atoms with Crippen molar-refractivity contribution in [2.45, 2.75) is 90.1 Å². The van der Waals surface area contributed by atoms with Crippen LogP contribution in [0.3, 0.4) is 0 Å². The Hall–Kier alpha value is -2.80. The molecule has 3 fully saturated rings. The standard InChI is InChI=1S/C29H35N3O3S/c1-19-17-21(20(2)31(19)25-16-10-9-15-24(25)28(34)35)18-26-27(33)32(23-13-7-4-8-14-23)29(36-26)30-22-11-5-3-6-12-22/h9-10,15-18,22-23H,3-8,11-14H2,1-2H3,(H,34,35)/b26-18-,30-29?.